The molecule has 9 heteroatoms. The van der Waals surface area contributed by atoms with Crippen LogP contribution in [0.1, 0.15) is 17.8 Å². The number of urea groups is 1. The molecule has 1 aromatic heterocycles. The predicted octanol–water partition coefficient (Wildman–Crippen LogP) is 4.47. The van der Waals surface area contributed by atoms with Gasteiger partial charge in [0.2, 0.25) is 5.91 Å². The summed E-state index contributed by atoms with van der Waals surface area (Å²) in [6.45, 7) is 1.27. The van der Waals surface area contributed by atoms with Gasteiger partial charge < -0.3 is 20.7 Å². The minimum atomic E-state index is -0.265. The number of amides is 3. The number of nitrogens with one attached hydrogen (secondary N) is 3. The largest absolute Gasteiger partial charge is 0.376 e. The van der Waals surface area contributed by atoms with Gasteiger partial charge in [-0.1, -0.05) is 12.1 Å². The first-order valence-corrected chi connectivity index (χ1v) is 12.1. The van der Waals surface area contributed by atoms with Gasteiger partial charge in [0.1, 0.15) is 5.01 Å². The maximum absolute atomic E-state index is 12.2. The summed E-state index contributed by atoms with van der Waals surface area (Å²) in [6.07, 6.45) is 2.13. The summed E-state index contributed by atoms with van der Waals surface area (Å²) >= 11 is 3.20. The van der Waals surface area contributed by atoms with Crippen LogP contribution in [-0.4, -0.2) is 41.9 Å². The molecule has 1 saturated heterocycles. The number of fused-ring (bicyclic) bond motifs is 1. The molecule has 162 valence electrons. The average molecular weight is 457 g/mol. The number of benzene rings is 2. The molecule has 7 nitrogen and oxygen atoms in total. The van der Waals surface area contributed by atoms with Crippen molar-refractivity contribution in [2.24, 2.45) is 0 Å². The fourth-order valence-corrected chi connectivity index (χ4v) is 5.08. The molecule has 1 fully saturated rings. The Hall–Kier alpha value is -2.62. The Labute approximate surface area is 189 Å². The molecule has 3 aromatic rings. The minimum absolute atomic E-state index is 0.0684. The topological polar surface area (TPSA) is 92.4 Å². The number of para-hydroxylation sites is 1. The second-order valence-electron chi connectivity index (χ2n) is 7.16. The molecule has 2 aromatic carbocycles. The lowest BCUT2D eigenvalue weighted by molar-refractivity contribution is -0.113. The number of carbonyl (C=O) groups is 2. The molecule has 4 rings (SSSR count). The van der Waals surface area contributed by atoms with Gasteiger partial charge in [-0.2, -0.15) is 0 Å². The molecule has 31 heavy (non-hydrogen) atoms. The molecule has 0 spiro atoms. The number of nitrogens with zero attached hydrogens (tertiary/aromatic N) is 1. The summed E-state index contributed by atoms with van der Waals surface area (Å²) in [6, 6.07) is 14.8. The van der Waals surface area contributed by atoms with Crippen LogP contribution in [0, 0.1) is 0 Å². The number of anilines is 2. The first-order chi connectivity index (χ1) is 15.2. The molecule has 1 unspecified atom stereocenters. The van der Waals surface area contributed by atoms with Gasteiger partial charge in [-0.3, -0.25) is 4.79 Å². The van der Waals surface area contributed by atoms with Gasteiger partial charge in [0.15, 0.2) is 0 Å². The van der Waals surface area contributed by atoms with E-state index in [1.54, 1.807) is 35.6 Å². The first kappa shape index (κ1) is 21.6. The zero-order valence-electron chi connectivity index (χ0n) is 16.9. The van der Waals surface area contributed by atoms with E-state index in [1.165, 1.54) is 11.8 Å². The average Bonchev–Trinajstić information content (AvgIpc) is 3.43. The molecular formula is C22H24N4O3S2. The van der Waals surface area contributed by atoms with Crippen molar-refractivity contribution in [3.63, 3.8) is 0 Å². The molecule has 3 amide bonds. The quantitative estimate of drug-likeness (QED) is 0.465. The molecule has 0 aliphatic carbocycles. The van der Waals surface area contributed by atoms with Crippen molar-refractivity contribution in [3.05, 3.63) is 53.5 Å². The number of aromatic nitrogens is 1. The van der Waals surface area contributed by atoms with Crippen LogP contribution in [0.5, 0.6) is 0 Å². The zero-order valence-corrected chi connectivity index (χ0v) is 18.6. The highest BCUT2D eigenvalue weighted by atomic mass is 32.2. The molecule has 1 atom stereocenters. The summed E-state index contributed by atoms with van der Waals surface area (Å²) < 4.78 is 6.65. The third-order valence-electron chi connectivity index (χ3n) is 4.74. The summed E-state index contributed by atoms with van der Waals surface area (Å²) in [4.78, 5) is 28.8. The second kappa shape index (κ2) is 10.6. The van der Waals surface area contributed by atoms with Gasteiger partial charge in [0.05, 0.1) is 22.1 Å². The molecule has 0 saturated carbocycles. The Balaban J connectivity index is 1.17. The lowest BCUT2D eigenvalue weighted by Gasteiger charge is -2.12. The van der Waals surface area contributed by atoms with Crippen molar-refractivity contribution in [1.82, 2.24) is 10.3 Å². The van der Waals surface area contributed by atoms with E-state index in [1.807, 2.05) is 18.2 Å². The van der Waals surface area contributed by atoms with Crippen molar-refractivity contribution in [1.29, 1.82) is 0 Å². The van der Waals surface area contributed by atoms with Crippen LogP contribution in [0.3, 0.4) is 0 Å². The standard InChI is InChI=1S/C22H24N4O3S2/c27-20(13-30-14-21-26-18-5-1-2-6-19(18)31-21)24-15-7-9-16(10-8-15)25-22(28)23-12-17-4-3-11-29-17/h1-2,5-10,17H,3-4,11-14H2,(H,24,27)(H2,23,25,28). The SMILES string of the molecule is O=C(CSCc1nc2ccccc2s1)Nc1ccc(NC(=O)NCC2CCCO2)cc1. The van der Waals surface area contributed by atoms with Gasteiger partial charge in [-0.25, -0.2) is 9.78 Å². The van der Waals surface area contributed by atoms with Crippen molar-refractivity contribution in [2.45, 2.75) is 24.7 Å². The predicted molar refractivity (Wildman–Crippen MR) is 127 cm³/mol. The number of hydrogen-bond acceptors (Lipinski definition) is 6. The fourth-order valence-electron chi connectivity index (χ4n) is 3.23. The van der Waals surface area contributed by atoms with Crippen molar-refractivity contribution in [3.8, 4) is 0 Å². The Bertz CT molecular complexity index is 1000. The smallest absolute Gasteiger partial charge is 0.319 e. The summed E-state index contributed by atoms with van der Waals surface area (Å²) in [5, 5.41) is 9.49. The molecule has 1 aliphatic rings. The third-order valence-corrected chi connectivity index (χ3v) is 6.90. The maximum Gasteiger partial charge on any atom is 0.319 e. The third kappa shape index (κ3) is 6.43. The number of thioether (sulfide) groups is 1. The van der Waals surface area contributed by atoms with E-state index in [2.05, 4.69) is 27.0 Å². The molecule has 3 N–H and O–H groups in total. The van der Waals surface area contributed by atoms with Crippen molar-refractivity contribution >= 4 is 56.6 Å². The second-order valence-corrected chi connectivity index (χ2v) is 9.26. The van der Waals surface area contributed by atoms with Crippen LogP contribution in [-0.2, 0) is 15.3 Å². The van der Waals surface area contributed by atoms with Gasteiger partial charge in [-0.05, 0) is 49.2 Å². The minimum Gasteiger partial charge on any atom is -0.376 e. The molecule has 2 heterocycles. The Morgan fingerprint density at radius 1 is 1.10 bits per heavy atom. The van der Waals surface area contributed by atoms with Gasteiger partial charge in [0, 0.05) is 30.3 Å². The van der Waals surface area contributed by atoms with Gasteiger partial charge in [0.25, 0.3) is 0 Å². The molecule has 1 aliphatic heterocycles. The molecule has 0 bridgehead atoms. The number of carbonyl (C=O) groups excluding carboxylic acids is 2. The lowest BCUT2D eigenvalue weighted by Crippen LogP contribution is -2.35. The molecular weight excluding hydrogens is 432 g/mol. The van der Waals surface area contributed by atoms with Crippen LogP contribution in [0.25, 0.3) is 10.2 Å². The van der Waals surface area contributed by atoms with Crippen molar-refractivity contribution < 1.29 is 14.3 Å². The highest BCUT2D eigenvalue weighted by Crippen LogP contribution is 2.25. The number of rotatable bonds is 8. The number of hydrogen-bond donors (Lipinski definition) is 3. The van der Waals surface area contributed by atoms with E-state index in [9.17, 15) is 9.59 Å². The maximum atomic E-state index is 12.2. The van der Waals surface area contributed by atoms with E-state index in [0.29, 0.717) is 29.4 Å². The van der Waals surface area contributed by atoms with Crippen molar-refractivity contribution in [2.75, 3.05) is 29.5 Å². The highest BCUT2D eigenvalue weighted by molar-refractivity contribution is 7.99. The Kier molecular flexibility index (Phi) is 7.39. The summed E-state index contributed by atoms with van der Waals surface area (Å²) in [5.41, 5.74) is 2.35. The monoisotopic (exact) mass is 456 g/mol. The fraction of sp³-hybridized carbons (Fsp3) is 0.318. The summed E-state index contributed by atoms with van der Waals surface area (Å²) in [5.74, 6) is 0.985. The normalized spacial score (nSPS) is 15.7. The van der Waals surface area contributed by atoms with E-state index >= 15 is 0 Å². The first-order valence-electron chi connectivity index (χ1n) is 10.1. The van der Waals surface area contributed by atoms with Crippen LogP contribution < -0.4 is 16.0 Å². The Morgan fingerprint density at radius 2 is 1.87 bits per heavy atom. The zero-order chi connectivity index (χ0) is 21.5. The van der Waals surface area contributed by atoms with Crippen LogP contribution in [0.15, 0.2) is 48.5 Å². The highest BCUT2D eigenvalue weighted by Gasteiger charge is 2.16. The van der Waals surface area contributed by atoms with Crippen LogP contribution in [0.4, 0.5) is 16.2 Å². The van der Waals surface area contributed by atoms with E-state index in [0.717, 1.165) is 34.7 Å². The molecule has 0 radical (unpaired) electrons. The van der Waals surface area contributed by atoms with E-state index in [-0.39, 0.29) is 18.0 Å². The van der Waals surface area contributed by atoms with E-state index in [4.69, 9.17) is 4.74 Å². The van der Waals surface area contributed by atoms with Crippen LogP contribution in [0.2, 0.25) is 0 Å². The van der Waals surface area contributed by atoms with E-state index < -0.39 is 0 Å². The lowest BCUT2D eigenvalue weighted by atomic mass is 10.2. The Morgan fingerprint density at radius 3 is 2.61 bits per heavy atom. The summed E-state index contributed by atoms with van der Waals surface area (Å²) in [7, 11) is 0. The number of ether oxygens (including phenoxy) is 1. The van der Waals surface area contributed by atoms with Gasteiger partial charge in [-0.15, -0.1) is 23.1 Å². The number of thiazole rings is 1. The van der Waals surface area contributed by atoms with Gasteiger partial charge >= 0.3 is 6.03 Å². The van der Waals surface area contributed by atoms with Crippen LogP contribution >= 0.6 is 23.1 Å².